The normalized spacial score (nSPS) is 14.0. The molecule has 0 aromatic carbocycles. The molecule has 0 fully saturated rings. The molecule has 19 heavy (non-hydrogen) atoms. The van der Waals surface area contributed by atoms with Crippen molar-refractivity contribution in [2.45, 2.75) is 44.4 Å². The molecule has 0 radical (unpaired) electrons. The highest BCUT2D eigenvalue weighted by atomic mass is 32.2. The molecule has 7 heteroatoms. The quantitative estimate of drug-likeness (QED) is 0.779. The first-order valence-corrected chi connectivity index (χ1v) is 7.73. The van der Waals surface area contributed by atoms with Crippen molar-refractivity contribution in [1.82, 2.24) is 9.29 Å². The molecule has 110 valence electrons. The fraction of sp³-hybridized carbons (Fsp3) is 0.667. The highest BCUT2D eigenvalue weighted by molar-refractivity contribution is 7.89. The molecule has 0 aliphatic carbocycles. The summed E-state index contributed by atoms with van der Waals surface area (Å²) in [6, 6.07) is 1.78. The monoisotopic (exact) mass is 289 g/mol. The van der Waals surface area contributed by atoms with Crippen molar-refractivity contribution < 1.29 is 13.2 Å². The summed E-state index contributed by atoms with van der Waals surface area (Å²) in [6.45, 7) is 6.31. The lowest BCUT2D eigenvalue weighted by molar-refractivity contribution is 0.122. The molecule has 0 saturated carbocycles. The van der Waals surface area contributed by atoms with Crippen LogP contribution in [0.2, 0.25) is 0 Å². The molecule has 0 bridgehead atoms. The SMILES string of the molecule is COC(C)CNS(=O)(=O)c1cc(CN)n(C(C)C)c1. The number of nitrogens with one attached hydrogen (secondary N) is 1. The van der Waals surface area contributed by atoms with Gasteiger partial charge in [0, 0.05) is 38.1 Å². The highest BCUT2D eigenvalue weighted by Crippen LogP contribution is 2.18. The number of hydrogen-bond acceptors (Lipinski definition) is 4. The van der Waals surface area contributed by atoms with E-state index in [0.29, 0.717) is 6.54 Å². The minimum Gasteiger partial charge on any atom is -0.380 e. The van der Waals surface area contributed by atoms with Crippen LogP contribution < -0.4 is 10.5 Å². The van der Waals surface area contributed by atoms with Crippen molar-refractivity contribution in [3.05, 3.63) is 18.0 Å². The lowest BCUT2D eigenvalue weighted by Crippen LogP contribution is -2.31. The zero-order valence-electron chi connectivity index (χ0n) is 11.9. The second-order valence-electron chi connectivity index (χ2n) is 4.77. The third-order valence-electron chi connectivity index (χ3n) is 2.95. The molecular weight excluding hydrogens is 266 g/mol. The van der Waals surface area contributed by atoms with Gasteiger partial charge in [-0.3, -0.25) is 0 Å². The fourth-order valence-corrected chi connectivity index (χ4v) is 2.85. The second kappa shape index (κ2) is 6.51. The fourth-order valence-electron chi connectivity index (χ4n) is 1.68. The predicted molar refractivity (Wildman–Crippen MR) is 74.4 cm³/mol. The van der Waals surface area contributed by atoms with Crippen molar-refractivity contribution in [2.24, 2.45) is 5.73 Å². The first-order chi connectivity index (χ1) is 8.81. The van der Waals surface area contributed by atoms with Gasteiger partial charge < -0.3 is 15.0 Å². The van der Waals surface area contributed by atoms with Gasteiger partial charge in [-0.25, -0.2) is 13.1 Å². The van der Waals surface area contributed by atoms with E-state index < -0.39 is 10.0 Å². The topological polar surface area (TPSA) is 86.3 Å². The van der Waals surface area contributed by atoms with Crippen molar-refractivity contribution in [2.75, 3.05) is 13.7 Å². The van der Waals surface area contributed by atoms with Gasteiger partial charge in [0.2, 0.25) is 10.0 Å². The molecule has 6 nitrogen and oxygen atoms in total. The third-order valence-corrected chi connectivity index (χ3v) is 4.34. The van der Waals surface area contributed by atoms with Gasteiger partial charge in [0.15, 0.2) is 0 Å². The van der Waals surface area contributed by atoms with Gasteiger partial charge in [0.25, 0.3) is 0 Å². The first-order valence-electron chi connectivity index (χ1n) is 6.25. The molecular formula is C12H23N3O3S. The van der Waals surface area contributed by atoms with Gasteiger partial charge in [0.1, 0.15) is 0 Å². The maximum Gasteiger partial charge on any atom is 0.242 e. The summed E-state index contributed by atoms with van der Waals surface area (Å²) in [6.07, 6.45) is 1.45. The van der Waals surface area contributed by atoms with Crippen LogP contribution in [0.5, 0.6) is 0 Å². The van der Waals surface area contributed by atoms with Crippen LogP contribution in [0.15, 0.2) is 17.2 Å². The summed E-state index contributed by atoms with van der Waals surface area (Å²) < 4.78 is 33.7. The number of ether oxygens (including phenoxy) is 1. The Morgan fingerprint density at radius 2 is 2.05 bits per heavy atom. The van der Waals surface area contributed by atoms with E-state index in [0.717, 1.165) is 5.69 Å². The Labute approximate surface area is 115 Å². The van der Waals surface area contributed by atoms with E-state index in [2.05, 4.69) is 4.72 Å². The standard InChI is InChI=1S/C12H23N3O3S/c1-9(2)15-8-12(5-11(15)6-13)19(16,17)14-7-10(3)18-4/h5,8-10,14H,6-7,13H2,1-4H3. The van der Waals surface area contributed by atoms with E-state index in [1.807, 2.05) is 18.4 Å². The van der Waals surface area contributed by atoms with Crippen LogP contribution in [-0.4, -0.2) is 32.7 Å². The van der Waals surface area contributed by atoms with Crippen LogP contribution in [0.25, 0.3) is 0 Å². The lowest BCUT2D eigenvalue weighted by atomic mass is 10.3. The van der Waals surface area contributed by atoms with E-state index >= 15 is 0 Å². The maximum absolute atomic E-state index is 12.1. The van der Waals surface area contributed by atoms with Crippen LogP contribution >= 0.6 is 0 Å². The number of hydrogen-bond donors (Lipinski definition) is 2. The summed E-state index contributed by atoms with van der Waals surface area (Å²) in [5.41, 5.74) is 6.43. The molecule has 1 heterocycles. The Morgan fingerprint density at radius 1 is 1.42 bits per heavy atom. The van der Waals surface area contributed by atoms with E-state index in [1.54, 1.807) is 26.3 Å². The van der Waals surface area contributed by atoms with Gasteiger partial charge in [-0.1, -0.05) is 0 Å². The zero-order valence-corrected chi connectivity index (χ0v) is 12.7. The number of rotatable bonds is 7. The zero-order chi connectivity index (χ0) is 14.6. The van der Waals surface area contributed by atoms with Gasteiger partial charge in [-0.2, -0.15) is 0 Å². The third kappa shape index (κ3) is 4.04. The summed E-state index contributed by atoms with van der Waals surface area (Å²) >= 11 is 0. The molecule has 1 aromatic rings. The van der Waals surface area contributed by atoms with Crippen LogP contribution in [0.1, 0.15) is 32.5 Å². The Morgan fingerprint density at radius 3 is 2.47 bits per heavy atom. The van der Waals surface area contributed by atoms with Crippen molar-refractivity contribution in [1.29, 1.82) is 0 Å². The largest absolute Gasteiger partial charge is 0.380 e. The van der Waals surface area contributed by atoms with Crippen LogP contribution in [0, 0.1) is 0 Å². The number of methoxy groups -OCH3 is 1. The number of nitrogens with two attached hydrogens (primary N) is 1. The molecule has 1 aromatic heterocycles. The van der Waals surface area contributed by atoms with Gasteiger partial charge in [-0.15, -0.1) is 0 Å². The van der Waals surface area contributed by atoms with Gasteiger partial charge in [-0.05, 0) is 26.8 Å². The van der Waals surface area contributed by atoms with Crippen LogP contribution in [0.3, 0.4) is 0 Å². The molecule has 3 N–H and O–H groups in total. The molecule has 1 unspecified atom stereocenters. The number of aromatic nitrogens is 1. The predicted octanol–water partition coefficient (Wildman–Crippen LogP) is 0.841. The smallest absolute Gasteiger partial charge is 0.242 e. The van der Waals surface area contributed by atoms with Crippen LogP contribution in [-0.2, 0) is 21.3 Å². The minimum absolute atomic E-state index is 0.167. The molecule has 0 saturated heterocycles. The van der Waals surface area contributed by atoms with E-state index in [9.17, 15) is 8.42 Å². The first kappa shape index (κ1) is 16.2. The highest BCUT2D eigenvalue weighted by Gasteiger charge is 2.19. The molecule has 0 amide bonds. The Bertz CT molecular complexity index is 508. The average Bonchev–Trinajstić information content (AvgIpc) is 2.81. The van der Waals surface area contributed by atoms with Crippen molar-refractivity contribution >= 4 is 10.0 Å². The van der Waals surface area contributed by atoms with E-state index in [1.165, 1.54) is 0 Å². The summed E-state index contributed by atoms with van der Waals surface area (Å²) in [4.78, 5) is 0.241. The second-order valence-corrected chi connectivity index (χ2v) is 6.54. The summed E-state index contributed by atoms with van der Waals surface area (Å²) in [7, 11) is -1.97. The Hall–Kier alpha value is -0.890. The Kier molecular flexibility index (Phi) is 5.54. The van der Waals surface area contributed by atoms with E-state index in [4.69, 9.17) is 10.5 Å². The molecule has 0 aliphatic heterocycles. The number of sulfonamides is 1. The van der Waals surface area contributed by atoms with Gasteiger partial charge in [0.05, 0.1) is 11.0 Å². The molecule has 0 spiro atoms. The summed E-state index contributed by atoms with van der Waals surface area (Å²) in [5, 5.41) is 0. The molecule has 1 atom stereocenters. The number of nitrogens with zero attached hydrogens (tertiary/aromatic N) is 1. The van der Waals surface area contributed by atoms with Crippen molar-refractivity contribution in [3.63, 3.8) is 0 Å². The average molecular weight is 289 g/mol. The molecule has 0 aliphatic rings. The maximum atomic E-state index is 12.1. The lowest BCUT2D eigenvalue weighted by Gasteiger charge is -2.11. The van der Waals surface area contributed by atoms with Gasteiger partial charge >= 0.3 is 0 Å². The van der Waals surface area contributed by atoms with Crippen LogP contribution in [0.4, 0.5) is 0 Å². The summed E-state index contributed by atoms with van der Waals surface area (Å²) in [5.74, 6) is 0. The van der Waals surface area contributed by atoms with E-state index in [-0.39, 0.29) is 23.6 Å². The molecule has 1 rings (SSSR count). The van der Waals surface area contributed by atoms with Crippen molar-refractivity contribution in [3.8, 4) is 0 Å². The Balaban J connectivity index is 2.95. The minimum atomic E-state index is -3.52.